The highest BCUT2D eigenvalue weighted by Crippen LogP contribution is 2.15. The van der Waals surface area contributed by atoms with Gasteiger partial charge in [-0.05, 0) is 23.8 Å². The summed E-state index contributed by atoms with van der Waals surface area (Å²) in [6.45, 7) is -0.0378. The first kappa shape index (κ1) is 8.85. The van der Waals surface area contributed by atoms with Gasteiger partial charge in [-0.1, -0.05) is 15.9 Å². The lowest BCUT2D eigenvalue weighted by atomic mass is 10.2. The van der Waals surface area contributed by atoms with Crippen molar-refractivity contribution in [1.29, 1.82) is 0 Å². The molecule has 0 aliphatic rings. The summed E-state index contributed by atoms with van der Waals surface area (Å²) in [7, 11) is -0.0155. The molecule has 4 heteroatoms. The standard InChI is InChI=1S/C7H6BrO2P/c8-7-2-1-6(11-10)3-5(7)4-9/h1-3,9H,4H2. The number of aliphatic hydroxyl groups is 1. The van der Waals surface area contributed by atoms with Crippen LogP contribution in [0.4, 0.5) is 0 Å². The van der Waals surface area contributed by atoms with E-state index in [1.807, 2.05) is 0 Å². The van der Waals surface area contributed by atoms with E-state index < -0.39 is 0 Å². The minimum absolute atomic E-state index is 0.0155. The molecule has 0 saturated heterocycles. The quantitative estimate of drug-likeness (QED) is 0.791. The Morgan fingerprint density at radius 3 is 2.82 bits per heavy atom. The van der Waals surface area contributed by atoms with Crippen molar-refractivity contribution in [1.82, 2.24) is 0 Å². The molecule has 1 rings (SSSR count). The van der Waals surface area contributed by atoms with Crippen molar-refractivity contribution in [2.75, 3.05) is 0 Å². The van der Waals surface area contributed by atoms with Crippen LogP contribution in [-0.2, 0) is 11.2 Å². The second kappa shape index (κ2) is 3.96. The minimum atomic E-state index is -0.0378. The van der Waals surface area contributed by atoms with Crippen molar-refractivity contribution >= 4 is 29.7 Å². The van der Waals surface area contributed by atoms with Gasteiger partial charge in [-0.2, -0.15) is 0 Å². The first-order valence-electron chi connectivity index (χ1n) is 3.00. The summed E-state index contributed by atoms with van der Waals surface area (Å²) >= 11 is 3.25. The Bertz CT molecular complexity index is 275. The molecule has 0 radical (unpaired) electrons. The Balaban J connectivity index is 3.12. The zero-order chi connectivity index (χ0) is 8.27. The Morgan fingerprint density at radius 1 is 1.55 bits per heavy atom. The Kier molecular flexibility index (Phi) is 3.18. The molecule has 1 N–H and O–H groups in total. The van der Waals surface area contributed by atoms with Crippen LogP contribution in [0.5, 0.6) is 0 Å². The summed E-state index contributed by atoms with van der Waals surface area (Å²) in [5, 5.41) is 9.48. The number of rotatable bonds is 2. The maximum atomic E-state index is 10.4. The van der Waals surface area contributed by atoms with E-state index in [9.17, 15) is 4.57 Å². The van der Waals surface area contributed by atoms with Gasteiger partial charge in [0.05, 0.1) is 6.61 Å². The Labute approximate surface area is 74.6 Å². The highest BCUT2D eigenvalue weighted by molar-refractivity contribution is 9.10. The highest BCUT2D eigenvalue weighted by Gasteiger charge is 1.99. The lowest BCUT2D eigenvalue weighted by molar-refractivity contribution is 0.281. The average molecular weight is 233 g/mol. The highest BCUT2D eigenvalue weighted by atomic mass is 79.9. The Hall–Kier alpha value is -0.240. The number of hydrogen-bond donors (Lipinski definition) is 1. The third-order valence-electron chi connectivity index (χ3n) is 1.31. The van der Waals surface area contributed by atoms with E-state index in [0.29, 0.717) is 5.30 Å². The fraction of sp³-hybridized carbons (Fsp3) is 0.143. The molecule has 11 heavy (non-hydrogen) atoms. The Morgan fingerprint density at radius 2 is 2.27 bits per heavy atom. The second-order valence-electron chi connectivity index (χ2n) is 2.03. The molecule has 1 aromatic rings. The predicted octanol–water partition coefficient (Wildman–Crippen LogP) is 1.86. The van der Waals surface area contributed by atoms with Gasteiger partial charge in [-0.25, -0.2) is 0 Å². The van der Waals surface area contributed by atoms with Crippen LogP contribution in [0.2, 0.25) is 0 Å². The van der Waals surface area contributed by atoms with Crippen molar-refractivity contribution < 1.29 is 9.67 Å². The molecule has 58 valence electrons. The summed E-state index contributed by atoms with van der Waals surface area (Å²) in [6, 6.07) is 5.20. The predicted molar refractivity (Wildman–Crippen MR) is 47.3 cm³/mol. The fourth-order valence-corrected chi connectivity index (χ4v) is 1.46. The summed E-state index contributed by atoms with van der Waals surface area (Å²) < 4.78 is 11.2. The molecule has 0 spiro atoms. The molecule has 0 atom stereocenters. The van der Waals surface area contributed by atoms with E-state index in [1.54, 1.807) is 18.2 Å². The van der Waals surface area contributed by atoms with Crippen molar-refractivity contribution in [3.63, 3.8) is 0 Å². The molecule has 0 aromatic heterocycles. The molecule has 0 fully saturated rings. The fourth-order valence-electron chi connectivity index (χ4n) is 0.739. The van der Waals surface area contributed by atoms with E-state index in [2.05, 4.69) is 15.9 Å². The van der Waals surface area contributed by atoms with Gasteiger partial charge in [0.15, 0.2) is 8.46 Å². The molecule has 0 amide bonds. The summed E-state index contributed by atoms with van der Waals surface area (Å²) in [4.78, 5) is 0. The van der Waals surface area contributed by atoms with Crippen LogP contribution < -0.4 is 5.30 Å². The van der Waals surface area contributed by atoms with E-state index in [1.165, 1.54) is 0 Å². The molecule has 0 unspecified atom stereocenters. The number of benzene rings is 1. The maximum absolute atomic E-state index is 10.4. The molecule has 0 aliphatic carbocycles. The van der Waals surface area contributed by atoms with Gasteiger partial charge in [0.25, 0.3) is 0 Å². The van der Waals surface area contributed by atoms with E-state index in [0.717, 1.165) is 10.0 Å². The van der Waals surface area contributed by atoms with Gasteiger partial charge < -0.3 is 5.11 Å². The smallest absolute Gasteiger partial charge is 0.192 e. The average Bonchev–Trinajstić information content (AvgIpc) is 2.05. The summed E-state index contributed by atoms with van der Waals surface area (Å²) in [6.07, 6.45) is 0. The molecule has 0 aliphatic heterocycles. The largest absolute Gasteiger partial charge is 0.392 e. The SMILES string of the molecule is O=Pc1ccc(Br)c(CO)c1. The number of aliphatic hydroxyl groups excluding tert-OH is 1. The molecule has 0 bridgehead atoms. The lowest BCUT2D eigenvalue weighted by Gasteiger charge is -1.99. The topological polar surface area (TPSA) is 37.3 Å². The van der Waals surface area contributed by atoms with Gasteiger partial charge in [-0.15, -0.1) is 0 Å². The van der Waals surface area contributed by atoms with E-state index >= 15 is 0 Å². The number of halogens is 1. The molecule has 2 nitrogen and oxygen atoms in total. The van der Waals surface area contributed by atoms with Gasteiger partial charge in [0.1, 0.15) is 0 Å². The molecule has 0 saturated carbocycles. The van der Waals surface area contributed by atoms with Gasteiger partial charge in [-0.3, -0.25) is 4.57 Å². The monoisotopic (exact) mass is 232 g/mol. The van der Waals surface area contributed by atoms with Gasteiger partial charge >= 0.3 is 0 Å². The first-order chi connectivity index (χ1) is 5.27. The van der Waals surface area contributed by atoms with Crippen LogP contribution in [0.1, 0.15) is 5.56 Å². The van der Waals surface area contributed by atoms with Crippen LogP contribution in [0.25, 0.3) is 0 Å². The molecule has 0 heterocycles. The third kappa shape index (κ3) is 2.09. The number of hydrogen-bond acceptors (Lipinski definition) is 2. The normalized spacial score (nSPS) is 10.4. The maximum Gasteiger partial charge on any atom is 0.192 e. The molecular weight excluding hydrogens is 227 g/mol. The molecule has 1 aromatic carbocycles. The van der Waals surface area contributed by atoms with Crippen molar-refractivity contribution in [3.05, 3.63) is 28.2 Å². The minimum Gasteiger partial charge on any atom is -0.392 e. The van der Waals surface area contributed by atoms with Crippen molar-refractivity contribution in [3.8, 4) is 0 Å². The summed E-state index contributed by atoms with van der Waals surface area (Å²) in [5.74, 6) is 0. The lowest BCUT2D eigenvalue weighted by Crippen LogP contribution is -1.95. The molecular formula is C7H6BrO2P. The van der Waals surface area contributed by atoms with Gasteiger partial charge in [0.2, 0.25) is 0 Å². The van der Waals surface area contributed by atoms with Crippen LogP contribution in [0.3, 0.4) is 0 Å². The summed E-state index contributed by atoms with van der Waals surface area (Å²) in [5.41, 5.74) is 0.755. The zero-order valence-corrected chi connectivity index (χ0v) is 8.10. The van der Waals surface area contributed by atoms with Gasteiger partial charge in [0, 0.05) is 9.78 Å². The first-order valence-corrected chi connectivity index (χ1v) is 4.61. The third-order valence-corrected chi connectivity index (χ3v) is 2.57. The van der Waals surface area contributed by atoms with E-state index in [4.69, 9.17) is 5.11 Å². The van der Waals surface area contributed by atoms with Crippen LogP contribution in [0, 0.1) is 0 Å². The van der Waals surface area contributed by atoms with Crippen LogP contribution >= 0.6 is 24.4 Å². The van der Waals surface area contributed by atoms with E-state index in [-0.39, 0.29) is 15.1 Å². The van der Waals surface area contributed by atoms with Crippen LogP contribution in [0.15, 0.2) is 22.7 Å². The second-order valence-corrected chi connectivity index (χ2v) is 3.58. The zero-order valence-electron chi connectivity index (χ0n) is 5.62. The van der Waals surface area contributed by atoms with Crippen molar-refractivity contribution in [2.45, 2.75) is 6.61 Å². The van der Waals surface area contributed by atoms with Crippen LogP contribution in [-0.4, -0.2) is 5.11 Å². The van der Waals surface area contributed by atoms with Crippen molar-refractivity contribution in [2.24, 2.45) is 0 Å².